The van der Waals surface area contributed by atoms with Crippen LogP contribution in [0.25, 0.3) is 0 Å². The largest absolute Gasteiger partial charge is 0.481 e. The number of nitrogens with one attached hydrogen (secondary N) is 2. The molecule has 0 radical (unpaired) electrons. The zero-order valence-electron chi connectivity index (χ0n) is 11.8. The molecule has 0 saturated heterocycles. The molecule has 0 saturated carbocycles. The van der Waals surface area contributed by atoms with Crippen LogP contribution in [0.4, 0.5) is 5.82 Å². The number of aromatic amines is 1. The van der Waals surface area contributed by atoms with Gasteiger partial charge in [-0.15, -0.1) is 0 Å². The molecule has 0 aliphatic heterocycles. The van der Waals surface area contributed by atoms with Crippen molar-refractivity contribution >= 4 is 39.4 Å². The summed E-state index contributed by atoms with van der Waals surface area (Å²) in [6, 6.07) is 4.70. The number of hydrogen-bond donors (Lipinski definition) is 2. The fourth-order valence-electron chi connectivity index (χ4n) is 1.47. The lowest BCUT2D eigenvalue weighted by molar-refractivity contribution is -0.115. The molecule has 2 N–H and O–H groups in total. The zero-order valence-corrected chi connectivity index (χ0v) is 14.2. The van der Waals surface area contributed by atoms with Crippen LogP contribution < -0.4 is 15.6 Å². The number of anilines is 1. The summed E-state index contributed by atoms with van der Waals surface area (Å²) in [6.45, 7) is 1.71. The molecule has 0 spiro atoms. The summed E-state index contributed by atoms with van der Waals surface area (Å²) in [6.07, 6.45) is 1.59. The van der Waals surface area contributed by atoms with Gasteiger partial charge in [-0.1, -0.05) is 11.8 Å². The van der Waals surface area contributed by atoms with Crippen molar-refractivity contribution in [2.45, 2.75) is 17.3 Å². The number of pyridine rings is 1. The van der Waals surface area contributed by atoms with Crippen molar-refractivity contribution in [3.05, 3.63) is 39.2 Å². The summed E-state index contributed by atoms with van der Waals surface area (Å²) in [7, 11) is 1.42. The van der Waals surface area contributed by atoms with Gasteiger partial charge in [0.05, 0.1) is 18.4 Å². The number of aromatic nitrogens is 3. The molecule has 2 aromatic heterocycles. The number of methoxy groups -OCH3 is 1. The van der Waals surface area contributed by atoms with Crippen molar-refractivity contribution < 1.29 is 9.53 Å². The molecule has 22 heavy (non-hydrogen) atoms. The first-order valence-corrected chi connectivity index (χ1v) is 7.89. The SMILES string of the molecule is COc1cc(=O)[nH]c(SC(C)C(=O)Nc2ccc(Br)cn2)n1. The molecule has 0 bridgehead atoms. The molecule has 1 unspecified atom stereocenters. The second-order valence-corrected chi connectivity index (χ2v) is 6.45. The van der Waals surface area contributed by atoms with E-state index in [-0.39, 0.29) is 17.3 Å². The number of carbonyl (C=O) groups is 1. The van der Waals surface area contributed by atoms with Crippen LogP contribution in [-0.4, -0.2) is 33.2 Å². The Balaban J connectivity index is 2.03. The molecule has 7 nitrogen and oxygen atoms in total. The second kappa shape index (κ2) is 7.41. The number of amides is 1. The van der Waals surface area contributed by atoms with Gasteiger partial charge in [0.2, 0.25) is 11.8 Å². The molecular formula is C13H13BrN4O3S. The van der Waals surface area contributed by atoms with Gasteiger partial charge in [-0.2, -0.15) is 4.98 Å². The maximum absolute atomic E-state index is 12.1. The van der Waals surface area contributed by atoms with Crippen LogP contribution in [0.1, 0.15) is 6.92 Å². The maximum atomic E-state index is 12.1. The molecule has 0 aliphatic carbocycles. The van der Waals surface area contributed by atoms with Gasteiger partial charge < -0.3 is 15.0 Å². The van der Waals surface area contributed by atoms with Gasteiger partial charge in [0.1, 0.15) is 5.82 Å². The van der Waals surface area contributed by atoms with E-state index in [4.69, 9.17) is 4.74 Å². The first-order valence-electron chi connectivity index (χ1n) is 6.22. The van der Waals surface area contributed by atoms with Crippen LogP contribution in [0.3, 0.4) is 0 Å². The van der Waals surface area contributed by atoms with E-state index < -0.39 is 5.25 Å². The Morgan fingerprint density at radius 3 is 2.91 bits per heavy atom. The third-order valence-corrected chi connectivity index (χ3v) is 4.00. The van der Waals surface area contributed by atoms with Crippen molar-refractivity contribution in [2.75, 3.05) is 12.4 Å². The lowest BCUT2D eigenvalue weighted by atomic mass is 10.4. The maximum Gasteiger partial charge on any atom is 0.255 e. The van der Waals surface area contributed by atoms with E-state index in [1.165, 1.54) is 13.2 Å². The number of carbonyl (C=O) groups excluding carboxylic acids is 1. The highest BCUT2D eigenvalue weighted by Crippen LogP contribution is 2.21. The van der Waals surface area contributed by atoms with E-state index in [1.807, 2.05) is 0 Å². The highest BCUT2D eigenvalue weighted by atomic mass is 79.9. The molecule has 2 aromatic rings. The van der Waals surface area contributed by atoms with Gasteiger partial charge in [0.15, 0.2) is 5.16 Å². The molecular weight excluding hydrogens is 372 g/mol. The summed E-state index contributed by atoms with van der Waals surface area (Å²) in [4.78, 5) is 34.2. The quantitative estimate of drug-likeness (QED) is 0.604. The molecule has 0 fully saturated rings. The molecule has 2 heterocycles. The third-order valence-electron chi connectivity index (χ3n) is 2.54. The lowest BCUT2D eigenvalue weighted by Crippen LogP contribution is -2.23. The summed E-state index contributed by atoms with van der Waals surface area (Å²) < 4.78 is 5.75. The standard InChI is InChI=1S/C13H13BrN4O3S/c1-7(12(20)16-9-4-3-8(14)6-15-9)22-13-17-10(19)5-11(18-13)21-2/h3-7H,1-2H3,(H,15,16,20)(H,17,18,19). The molecule has 0 aliphatic rings. The summed E-state index contributed by atoms with van der Waals surface area (Å²) in [5, 5.41) is 2.53. The minimum atomic E-state index is -0.472. The monoisotopic (exact) mass is 384 g/mol. The van der Waals surface area contributed by atoms with E-state index in [1.54, 1.807) is 25.3 Å². The van der Waals surface area contributed by atoms with Crippen LogP contribution in [0.2, 0.25) is 0 Å². The third kappa shape index (κ3) is 4.57. The van der Waals surface area contributed by atoms with E-state index in [9.17, 15) is 9.59 Å². The van der Waals surface area contributed by atoms with Gasteiger partial charge in [-0.3, -0.25) is 9.59 Å². The van der Waals surface area contributed by atoms with Crippen molar-refractivity contribution in [3.8, 4) is 5.88 Å². The normalized spacial score (nSPS) is 11.8. The van der Waals surface area contributed by atoms with Gasteiger partial charge in [-0.05, 0) is 35.0 Å². The van der Waals surface area contributed by atoms with Crippen LogP contribution in [-0.2, 0) is 4.79 Å². The second-order valence-electron chi connectivity index (χ2n) is 4.20. The Labute approximate surface area is 139 Å². The van der Waals surface area contributed by atoms with Gasteiger partial charge in [0, 0.05) is 10.7 Å². The molecule has 1 atom stereocenters. The first kappa shape index (κ1) is 16.5. The van der Waals surface area contributed by atoms with Crippen LogP contribution in [0, 0.1) is 0 Å². The molecule has 116 valence electrons. The van der Waals surface area contributed by atoms with Gasteiger partial charge >= 0.3 is 0 Å². The predicted molar refractivity (Wildman–Crippen MR) is 87.3 cm³/mol. The summed E-state index contributed by atoms with van der Waals surface area (Å²) in [5.41, 5.74) is -0.337. The Bertz CT molecular complexity index is 720. The topological polar surface area (TPSA) is 97.0 Å². The minimum absolute atomic E-state index is 0.202. The van der Waals surface area contributed by atoms with Gasteiger partial charge in [-0.25, -0.2) is 4.98 Å². The van der Waals surface area contributed by atoms with E-state index in [2.05, 4.69) is 36.2 Å². The van der Waals surface area contributed by atoms with Crippen molar-refractivity contribution in [1.82, 2.24) is 15.0 Å². The number of ether oxygens (including phenoxy) is 1. The zero-order chi connectivity index (χ0) is 16.1. The fraction of sp³-hybridized carbons (Fsp3) is 0.231. The number of halogens is 1. The van der Waals surface area contributed by atoms with Crippen LogP contribution in [0.5, 0.6) is 5.88 Å². The Kier molecular flexibility index (Phi) is 5.56. The van der Waals surface area contributed by atoms with E-state index in [0.717, 1.165) is 16.2 Å². The highest BCUT2D eigenvalue weighted by molar-refractivity contribution is 9.10. The van der Waals surface area contributed by atoms with Crippen molar-refractivity contribution in [1.29, 1.82) is 0 Å². The number of nitrogens with zero attached hydrogens (tertiary/aromatic N) is 2. The smallest absolute Gasteiger partial charge is 0.255 e. The Morgan fingerprint density at radius 2 is 2.27 bits per heavy atom. The molecule has 9 heteroatoms. The molecule has 0 aromatic carbocycles. The van der Waals surface area contributed by atoms with Crippen LogP contribution >= 0.6 is 27.7 Å². The van der Waals surface area contributed by atoms with Gasteiger partial charge in [0.25, 0.3) is 5.56 Å². The lowest BCUT2D eigenvalue weighted by Gasteiger charge is -2.11. The minimum Gasteiger partial charge on any atom is -0.481 e. The van der Waals surface area contributed by atoms with E-state index in [0.29, 0.717) is 11.0 Å². The average molecular weight is 385 g/mol. The number of hydrogen-bond acceptors (Lipinski definition) is 6. The van der Waals surface area contributed by atoms with Crippen molar-refractivity contribution in [3.63, 3.8) is 0 Å². The molecule has 2 rings (SSSR count). The highest BCUT2D eigenvalue weighted by Gasteiger charge is 2.17. The fourth-order valence-corrected chi connectivity index (χ4v) is 2.51. The van der Waals surface area contributed by atoms with E-state index >= 15 is 0 Å². The molecule has 1 amide bonds. The summed E-state index contributed by atoms with van der Waals surface area (Å²) >= 11 is 4.39. The van der Waals surface area contributed by atoms with Crippen molar-refractivity contribution in [2.24, 2.45) is 0 Å². The predicted octanol–water partition coefficient (Wildman–Crippen LogP) is 2.06. The number of rotatable bonds is 5. The number of thioether (sulfide) groups is 1. The Morgan fingerprint density at radius 1 is 1.50 bits per heavy atom. The summed E-state index contributed by atoms with van der Waals surface area (Å²) in [5.74, 6) is 0.409. The first-order chi connectivity index (χ1) is 10.5. The number of H-pyrrole nitrogens is 1. The Hall–Kier alpha value is -1.87. The van der Waals surface area contributed by atoms with Crippen LogP contribution in [0.15, 0.2) is 38.8 Å². The average Bonchev–Trinajstić information content (AvgIpc) is 2.48.